The van der Waals surface area contributed by atoms with Crippen LogP contribution in [0.4, 0.5) is 13.2 Å². The lowest BCUT2D eigenvalue weighted by atomic mass is 9.91. The minimum Gasteiger partial charge on any atom is -0.352 e. The van der Waals surface area contributed by atoms with Gasteiger partial charge in [-0.05, 0) is 35.4 Å². The van der Waals surface area contributed by atoms with Crippen LogP contribution in [0.2, 0.25) is 10.0 Å². The highest BCUT2D eigenvalue weighted by atomic mass is 35.5. The molecule has 3 rings (SSSR count). The Balaban J connectivity index is 1.89. The number of carbonyl (C=O) groups is 1. The van der Waals surface area contributed by atoms with E-state index in [0.29, 0.717) is 12.1 Å². The standard InChI is InChI=1S/C21H19Cl2F3N2O2/c1-12(2)19(29)27-11-13-3-5-14(6-4-13)18-10-20(30-28-18,21(24,25)26)15-7-16(22)9-17(23)8-15/h3-10,12,28H,11H2,1-2H3,(H,27,29). The predicted molar refractivity (Wildman–Crippen MR) is 110 cm³/mol. The number of halogens is 5. The molecule has 2 aromatic carbocycles. The fraction of sp³-hybridized carbons (Fsp3) is 0.286. The molecule has 1 aliphatic rings. The monoisotopic (exact) mass is 458 g/mol. The van der Waals surface area contributed by atoms with Gasteiger partial charge in [-0.2, -0.15) is 13.2 Å². The number of alkyl halides is 3. The van der Waals surface area contributed by atoms with Crippen molar-refractivity contribution in [1.82, 2.24) is 10.8 Å². The van der Waals surface area contributed by atoms with Crippen LogP contribution in [0.5, 0.6) is 0 Å². The van der Waals surface area contributed by atoms with Crippen molar-refractivity contribution >= 4 is 34.8 Å². The first kappa shape index (κ1) is 22.5. The summed E-state index contributed by atoms with van der Waals surface area (Å²) in [5.41, 5.74) is 0.872. The highest BCUT2D eigenvalue weighted by molar-refractivity contribution is 6.34. The van der Waals surface area contributed by atoms with Gasteiger partial charge in [0.1, 0.15) is 0 Å². The zero-order valence-corrected chi connectivity index (χ0v) is 17.6. The Bertz CT molecular complexity index is 955. The van der Waals surface area contributed by atoms with Crippen molar-refractivity contribution in [3.63, 3.8) is 0 Å². The summed E-state index contributed by atoms with van der Waals surface area (Å²) in [6.07, 6.45) is -3.80. The van der Waals surface area contributed by atoms with Gasteiger partial charge in [0.05, 0.1) is 5.70 Å². The predicted octanol–water partition coefficient (Wildman–Crippen LogP) is 5.60. The van der Waals surface area contributed by atoms with Crippen LogP contribution < -0.4 is 10.8 Å². The molecule has 2 aromatic rings. The zero-order chi connectivity index (χ0) is 22.1. The van der Waals surface area contributed by atoms with Crippen molar-refractivity contribution < 1.29 is 22.8 Å². The van der Waals surface area contributed by atoms with E-state index in [2.05, 4.69) is 10.8 Å². The highest BCUT2D eigenvalue weighted by Gasteiger charge is 2.59. The molecule has 0 saturated heterocycles. The molecule has 160 valence electrons. The topological polar surface area (TPSA) is 50.4 Å². The summed E-state index contributed by atoms with van der Waals surface area (Å²) < 4.78 is 42.1. The van der Waals surface area contributed by atoms with Gasteiger partial charge in [0.25, 0.3) is 0 Å². The van der Waals surface area contributed by atoms with Gasteiger partial charge in [-0.15, -0.1) is 0 Å². The molecule has 2 N–H and O–H groups in total. The third-order valence-corrected chi connectivity index (χ3v) is 5.07. The molecule has 0 radical (unpaired) electrons. The number of nitrogens with one attached hydrogen (secondary N) is 2. The SMILES string of the molecule is CC(C)C(=O)NCc1ccc(C2=CC(c3cc(Cl)cc(Cl)c3)(C(F)(F)F)ON2)cc1. The number of hydrogen-bond donors (Lipinski definition) is 2. The van der Waals surface area contributed by atoms with Crippen molar-refractivity contribution in [2.75, 3.05) is 0 Å². The molecule has 0 aromatic heterocycles. The largest absolute Gasteiger partial charge is 0.428 e. The Labute approximate surface area is 182 Å². The van der Waals surface area contributed by atoms with Gasteiger partial charge in [-0.3, -0.25) is 15.1 Å². The van der Waals surface area contributed by atoms with E-state index in [9.17, 15) is 18.0 Å². The van der Waals surface area contributed by atoms with Crippen LogP contribution in [0.1, 0.15) is 30.5 Å². The summed E-state index contributed by atoms with van der Waals surface area (Å²) in [5, 5.41) is 2.92. The second-order valence-corrected chi connectivity index (χ2v) is 8.10. The highest BCUT2D eigenvalue weighted by Crippen LogP contribution is 2.48. The number of carbonyl (C=O) groups excluding carboxylic acids is 1. The molecule has 0 saturated carbocycles. The summed E-state index contributed by atoms with van der Waals surface area (Å²) in [6.45, 7) is 3.90. The summed E-state index contributed by atoms with van der Waals surface area (Å²) in [7, 11) is 0. The van der Waals surface area contributed by atoms with Crippen LogP contribution in [0.25, 0.3) is 5.70 Å². The number of benzene rings is 2. The van der Waals surface area contributed by atoms with Crippen LogP contribution in [-0.2, 0) is 21.8 Å². The summed E-state index contributed by atoms with van der Waals surface area (Å²) in [6, 6.07) is 10.4. The van der Waals surface area contributed by atoms with E-state index in [1.165, 1.54) is 18.2 Å². The lowest BCUT2D eigenvalue weighted by Gasteiger charge is -2.28. The number of rotatable bonds is 5. The first-order valence-corrected chi connectivity index (χ1v) is 9.84. The minimum atomic E-state index is -4.77. The van der Waals surface area contributed by atoms with E-state index in [1.54, 1.807) is 38.1 Å². The van der Waals surface area contributed by atoms with Gasteiger partial charge >= 0.3 is 6.18 Å². The molecule has 30 heavy (non-hydrogen) atoms. The van der Waals surface area contributed by atoms with Crippen molar-refractivity contribution in [3.05, 3.63) is 75.3 Å². The molecule has 0 fully saturated rings. The number of hydrogen-bond acceptors (Lipinski definition) is 3. The van der Waals surface area contributed by atoms with Crippen LogP contribution in [0, 0.1) is 5.92 Å². The Morgan fingerprint density at radius 2 is 1.73 bits per heavy atom. The van der Waals surface area contributed by atoms with Crippen molar-refractivity contribution in [2.24, 2.45) is 5.92 Å². The first-order chi connectivity index (χ1) is 14.0. The third kappa shape index (κ3) is 4.58. The van der Waals surface area contributed by atoms with Crippen LogP contribution in [-0.4, -0.2) is 12.1 Å². The third-order valence-electron chi connectivity index (χ3n) is 4.64. The first-order valence-electron chi connectivity index (χ1n) is 9.09. The van der Waals surface area contributed by atoms with Gasteiger partial charge in [-0.1, -0.05) is 61.3 Å². The second-order valence-electron chi connectivity index (χ2n) is 7.22. The van der Waals surface area contributed by atoms with Gasteiger partial charge in [0.15, 0.2) is 0 Å². The Hall–Kier alpha value is -2.22. The van der Waals surface area contributed by atoms with E-state index in [4.69, 9.17) is 28.0 Å². The maximum Gasteiger partial charge on any atom is 0.428 e. The van der Waals surface area contributed by atoms with E-state index in [-0.39, 0.29) is 33.1 Å². The fourth-order valence-electron chi connectivity index (χ4n) is 2.95. The Morgan fingerprint density at radius 1 is 1.13 bits per heavy atom. The van der Waals surface area contributed by atoms with Gasteiger partial charge in [0.2, 0.25) is 11.5 Å². The molecule has 1 atom stereocenters. The molecule has 1 heterocycles. The van der Waals surface area contributed by atoms with Crippen molar-refractivity contribution in [2.45, 2.75) is 32.2 Å². The van der Waals surface area contributed by atoms with Crippen LogP contribution in [0.3, 0.4) is 0 Å². The van der Waals surface area contributed by atoms with E-state index < -0.39 is 11.8 Å². The summed E-state index contributed by atoms with van der Waals surface area (Å²) in [4.78, 5) is 16.7. The quantitative estimate of drug-likeness (QED) is 0.612. The average molecular weight is 459 g/mol. The maximum atomic E-state index is 14.0. The summed E-state index contributed by atoms with van der Waals surface area (Å²) in [5.74, 6) is -0.215. The molecule has 0 spiro atoms. The van der Waals surface area contributed by atoms with Crippen molar-refractivity contribution in [1.29, 1.82) is 0 Å². The lowest BCUT2D eigenvalue weighted by molar-refractivity contribution is -0.269. The normalized spacial score (nSPS) is 18.9. The zero-order valence-electron chi connectivity index (χ0n) is 16.1. The number of amides is 1. The van der Waals surface area contributed by atoms with Crippen LogP contribution in [0.15, 0.2) is 48.5 Å². The molecule has 0 bridgehead atoms. The lowest BCUT2D eigenvalue weighted by Crippen LogP contribution is -2.42. The van der Waals surface area contributed by atoms with E-state index >= 15 is 0 Å². The van der Waals surface area contributed by atoms with Gasteiger partial charge in [0, 0.05) is 28.1 Å². The summed E-state index contributed by atoms with van der Waals surface area (Å²) >= 11 is 11.8. The molecule has 9 heteroatoms. The second kappa shape index (κ2) is 8.49. The van der Waals surface area contributed by atoms with Crippen LogP contribution >= 0.6 is 23.2 Å². The maximum absolute atomic E-state index is 14.0. The Kier molecular flexibility index (Phi) is 6.36. The molecule has 4 nitrogen and oxygen atoms in total. The van der Waals surface area contributed by atoms with Gasteiger partial charge < -0.3 is 5.32 Å². The van der Waals surface area contributed by atoms with E-state index in [0.717, 1.165) is 11.6 Å². The van der Waals surface area contributed by atoms with Gasteiger partial charge in [-0.25, -0.2) is 0 Å². The molecule has 0 aliphatic carbocycles. The number of hydroxylamine groups is 1. The van der Waals surface area contributed by atoms with Crippen molar-refractivity contribution in [3.8, 4) is 0 Å². The fourth-order valence-corrected chi connectivity index (χ4v) is 3.48. The molecular weight excluding hydrogens is 440 g/mol. The Morgan fingerprint density at radius 3 is 2.27 bits per heavy atom. The molecule has 1 aliphatic heterocycles. The smallest absolute Gasteiger partial charge is 0.352 e. The molecule has 1 unspecified atom stereocenters. The average Bonchev–Trinajstić information content (AvgIpc) is 3.12. The minimum absolute atomic E-state index is 0.0689. The van der Waals surface area contributed by atoms with E-state index in [1.807, 2.05) is 0 Å². The molecular formula is C21H19Cl2F3N2O2. The molecule has 1 amide bonds.